The summed E-state index contributed by atoms with van der Waals surface area (Å²) in [5.74, 6) is 0.201. The van der Waals surface area contributed by atoms with Crippen LogP contribution in [0.1, 0.15) is 26.7 Å². The van der Waals surface area contributed by atoms with Crippen molar-refractivity contribution in [1.82, 2.24) is 0 Å². The van der Waals surface area contributed by atoms with Crippen LogP contribution in [0.4, 0.5) is 0 Å². The zero-order valence-corrected chi connectivity index (χ0v) is 10.1. The van der Waals surface area contributed by atoms with Crippen LogP contribution >= 0.6 is 0 Å². The highest BCUT2D eigenvalue weighted by atomic mass is 16.5. The van der Waals surface area contributed by atoms with Gasteiger partial charge in [-0.2, -0.15) is 0 Å². The molecule has 1 aliphatic carbocycles. The number of carbonyl (C=O) groups is 2. The second-order valence-electron chi connectivity index (χ2n) is 4.56. The van der Waals surface area contributed by atoms with Crippen molar-refractivity contribution in [2.75, 3.05) is 6.61 Å². The van der Waals surface area contributed by atoms with Crippen molar-refractivity contribution in [2.45, 2.75) is 32.8 Å². The van der Waals surface area contributed by atoms with E-state index in [2.05, 4.69) is 0 Å². The van der Waals surface area contributed by atoms with Gasteiger partial charge in [0.1, 0.15) is 17.6 Å². The summed E-state index contributed by atoms with van der Waals surface area (Å²) >= 11 is 0. The molecule has 0 unspecified atom stereocenters. The fourth-order valence-electron chi connectivity index (χ4n) is 1.78. The Kier molecular flexibility index (Phi) is 3.31. The van der Waals surface area contributed by atoms with E-state index in [1.807, 2.05) is 13.8 Å². The summed E-state index contributed by atoms with van der Waals surface area (Å²) in [6, 6.07) is 0. The van der Waals surface area contributed by atoms with Crippen molar-refractivity contribution in [3.05, 3.63) is 23.5 Å². The summed E-state index contributed by atoms with van der Waals surface area (Å²) in [6.45, 7) is 4.23. The van der Waals surface area contributed by atoms with E-state index in [0.29, 0.717) is 24.4 Å². The van der Waals surface area contributed by atoms with Gasteiger partial charge in [-0.25, -0.2) is 4.79 Å². The number of ether oxygens (including phenoxy) is 2. The first-order valence-corrected chi connectivity index (χ1v) is 5.83. The maximum Gasteiger partial charge on any atom is 0.338 e. The maximum absolute atomic E-state index is 11.8. The normalized spacial score (nSPS) is 29.8. The van der Waals surface area contributed by atoms with Crippen LogP contribution in [-0.4, -0.2) is 24.5 Å². The molecule has 0 saturated carbocycles. The average Bonchev–Trinajstić information content (AvgIpc) is 2.46. The molecule has 2 rings (SSSR count). The summed E-state index contributed by atoms with van der Waals surface area (Å²) in [6.07, 6.45) is 3.84. The molecule has 0 spiro atoms. The van der Waals surface area contributed by atoms with Crippen LogP contribution in [0.3, 0.4) is 0 Å². The van der Waals surface area contributed by atoms with Gasteiger partial charge in [-0.3, -0.25) is 4.79 Å². The molecule has 92 valence electrons. The molecule has 0 radical (unpaired) electrons. The summed E-state index contributed by atoms with van der Waals surface area (Å²) in [7, 11) is 0. The zero-order valence-electron chi connectivity index (χ0n) is 10.1. The molecular weight excluding hydrogens is 220 g/mol. The number of allylic oxidation sites excluding steroid dienone is 2. The molecule has 4 nitrogen and oxygen atoms in total. The number of Topliss-reactive ketones (excluding diaryl/α,β-unsaturated/α-hetero) is 1. The van der Waals surface area contributed by atoms with Crippen LogP contribution in [-0.2, 0) is 19.1 Å². The summed E-state index contributed by atoms with van der Waals surface area (Å²) in [4.78, 5) is 23.3. The Morgan fingerprint density at radius 2 is 2.06 bits per heavy atom. The molecule has 4 heteroatoms. The van der Waals surface area contributed by atoms with Crippen molar-refractivity contribution in [3.8, 4) is 0 Å². The van der Waals surface area contributed by atoms with E-state index in [1.165, 1.54) is 0 Å². The summed E-state index contributed by atoms with van der Waals surface area (Å²) < 4.78 is 10.9. The van der Waals surface area contributed by atoms with Crippen LogP contribution in [0.2, 0.25) is 0 Å². The lowest BCUT2D eigenvalue weighted by atomic mass is 10.0. The predicted molar refractivity (Wildman–Crippen MR) is 61.1 cm³/mol. The van der Waals surface area contributed by atoms with E-state index in [-0.39, 0.29) is 24.2 Å². The van der Waals surface area contributed by atoms with Crippen LogP contribution in [0.25, 0.3) is 0 Å². The first-order chi connectivity index (χ1) is 8.08. The van der Waals surface area contributed by atoms with Crippen molar-refractivity contribution in [1.29, 1.82) is 0 Å². The van der Waals surface area contributed by atoms with E-state index in [1.54, 1.807) is 12.2 Å². The quantitative estimate of drug-likeness (QED) is 0.601. The molecule has 17 heavy (non-hydrogen) atoms. The minimum absolute atomic E-state index is 0.00748. The average molecular weight is 236 g/mol. The van der Waals surface area contributed by atoms with Gasteiger partial charge in [0, 0.05) is 18.8 Å². The van der Waals surface area contributed by atoms with Crippen molar-refractivity contribution < 1.29 is 19.1 Å². The first-order valence-electron chi connectivity index (χ1n) is 5.83. The van der Waals surface area contributed by atoms with Gasteiger partial charge >= 0.3 is 5.97 Å². The number of cyclic esters (lactones) is 1. The molecular formula is C13H16O4. The van der Waals surface area contributed by atoms with Gasteiger partial charge in [-0.1, -0.05) is 13.0 Å². The van der Waals surface area contributed by atoms with Gasteiger partial charge in [0.15, 0.2) is 0 Å². The first kappa shape index (κ1) is 11.9. The Hall–Kier alpha value is -1.58. The molecule has 0 N–H and O–H groups in total. The molecule has 0 fully saturated rings. The Morgan fingerprint density at radius 3 is 2.82 bits per heavy atom. The fraction of sp³-hybridized carbons (Fsp3) is 0.538. The minimum Gasteiger partial charge on any atom is -0.490 e. The third-order valence-corrected chi connectivity index (χ3v) is 3.12. The molecule has 2 atom stereocenters. The smallest absolute Gasteiger partial charge is 0.338 e. The third kappa shape index (κ3) is 2.57. The fourth-order valence-corrected chi connectivity index (χ4v) is 1.78. The second kappa shape index (κ2) is 4.73. The number of ketones is 1. The number of hydrogen-bond donors (Lipinski definition) is 0. The second-order valence-corrected chi connectivity index (χ2v) is 4.56. The van der Waals surface area contributed by atoms with Crippen molar-refractivity contribution in [2.24, 2.45) is 5.92 Å². The van der Waals surface area contributed by atoms with Crippen LogP contribution in [0, 0.1) is 5.92 Å². The van der Waals surface area contributed by atoms with E-state index in [4.69, 9.17) is 9.47 Å². The third-order valence-electron chi connectivity index (χ3n) is 3.12. The molecule has 0 aromatic rings. The highest BCUT2D eigenvalue weighted by molar-refractivity contribution is 5.97. The molecule has 0 saturated heterocycles. The molecule has 1 heterocycles. The van der Waals surface area contributed by atoms with E-state index < -0.39 is 5.97 Å². The Bertz CT molecular complexity index is 406. The summed E-state index contributed by atoms with van der Waals surface area (Å²) in [5.41, 5.74) is 0.350. The highest BCUT2D eigenvalue weighted by Gasteiger charge is 2.28. The maximum atomic E-state index is 11.8. The topological polar surface area (TPSA) is 52.6 Å². The van der Waals surface area contributed by atoms with Gasteiger partial charge in [-0.05, 0) is 13.0 Å². The van der Waals surface area contributed by atoms with E-state index in [0.717, 1.165) is 0 Å². The Labute approximate surface area is 100 Å². The number of hydrogen-bond acceptors (Lipinski definition) is 4. The zero-order chi connectivity index (χ0) is 12.4. The number of esters is 1. The van der Waals surface area contributed by atoms with Crippen molar-refractivity contribution >= 4 is 11.8 Å². The van der Waals surface area contributed by atoms with Crippen LogP contribution in [0.5, 0.6) is 0 Å². The molecule has 2 aliphatic rings. The van der Waals surface area contributed by atoms with Crippen LogP contribution in [0.15, 0.2) is 23.5 Å². The predicted octanol–water partition coefficient (Wildman–Crippen LogP) is 1.76. The van der Waals surface area contributed by atoms with Crippen LogP contribution < -0.4 is 0 Å². The van der Waals surface area contributed by atoms with Crippen molar-refractivity contribution in [3.63, 3.8) is 0 Å². The minimum atomic E-state index is -0.432. The van der Waals surface area contributed by atoms with Gasteiger partial charge in [0.25, 0.3) is 0 Å². The molecule has 0 aromatic carbocycles. The molecule has 0 bridgehead atoms. The lowest BCUT2D eigenvalue weighted by Crippen LogP contribution is -2.28. The monoisotopic (exact) mass is 236 g/mol. The van der Waals surface area contributed by atoms with Gasteiger partial charge in [-0.15, -0.1) is 0 Å². The van der Waals surface area contributed by atoms with Gasteiger partial charge in [0.05, 0.1) is 12.2 Å². The Balaban J connectivity index is 2.35. The van der Waals surface area contributed by atoms with E-state index >= 15 is 0 Å². The lowest BCUT2D eigenvalue weighted by Gasteiger charge is -2.26. The van der Waals surface area contributed by atoms with Gasteiger partial charge < -0.3 is 9.47 Å². The van der Waals surface area contributed by atoms with E-state index in [9.17, 15) is 9.59 Å². The largest absolute Gasteiger partial charge is 0.490 e. The number of rotatable bonds is 0. The molecule has 0 amide bonds. The SMILES string of the molecule is C[C@@H]1OC2=C(CC(=O)CC=C2)C(=O)OC[C@@H]1C. The summed E-state index contributed by atoms with van der Waals surface area (Å²) in [5, 5.41) is 0. The highest BCUT2D eigenvalue weighted by Crippen LogP contribution is 2.25. The standard InChI is InChI=1S/C13H16O4/c1-8-7-16-13(15)11-6-10(14)4-3-5-12(11)17-9(8)2/h3,5,8-9H,4,6-7H2,1-2H3/t8-,9-/m0/s1. The lowest BCUT2D eigenvalue weighted by molar-refractivity contribution is -0.144. The van der Waals surface area contributed by atoms with Gasteiger partial charge in [0.2, 0.25) is 0 Å². The molecule has 0 aromatic heterocycles. The molecule has 1 aliphatic heterocycles. The Morgan fingerprint density at radius 1 is 1.29 bits per heavy atom. The number of carbonyl (C=O) groups excluding carboxylic acids is 2.